The summed E-state index contributed by atoms with van der Waals surface area (Å²) in [4.78, 5) is 10.9. The monoisotopic (exact) mass is 259 g/mol. The molecule has 2 N–H and O–H groups in total. The number of ether oxygens (including phenoxy) is 1. The highest BCUT2D eigenvalue weighted by Gasteiger charge is 2.03. The van der Waals surface area contributed by atoms with Gasteiger partial charge in [0.05, 0.1) is 11.6 Å². The van der Waals surface area contributed by atoms with Crippen LogP contribution in [0.1, 0.15) is 0 Å². The number of amides is 1. The van der Waals surface area contributed by atoms with Gasteiger partial charge in [0.1, 0.15) is 12.4 Å². The third kappa shape index (κ3) is 2.71. The van der Waals surface area contributed by atoms with Crippen molar-refractivity contribution in [3.63, 3.8) is 0 Å². The van der Waals surface area contributed by atoms with Crippen LogP contribution in [0.15, 0.2) is 22.7 Å². The normalized spacial score (nSPS) is 9.64. The van der Waals surface area contributed by atoms with Gasteiger partial charge >= 0.3 is 0 Å². The number of hydrogen-bond donors (Lipinski definition) is 2. The van der Waals surface area contributed by atoms with E-state index >= 15 is 0 Å². The minimum Gasteiger partial charge on any atom is -0.495 e. The molecule has 76 valence electrons. The van der Waals surface area contributed by atoms with Crippen molar-refractivity contribution in [2.75, 3.05) is 19.0 Å². The molecule has 5 heteroatoms. The molecule has 0 heterocycles. The first-order chi connectivity index (χ1) is 6.67. The molecular weight excluding hydrogens is 250 g/mol. The third-order valence-electron chi connectivity index (χ3n) is 1.58. The van der Waals surface area contributed by atoms with E-state index in [0.717, 1.165) is 4.47 Å². The Hall–Kier alpha value is -1.07. The SMILES string of the molecule is COc1cc(NC(=O)CO)ccc1Br. The molecule has 0 fully saturated rings. The summed E-state index contributed by atoms with van der Waals surface area (Å²) >= 11 is 3.29. The Labute approximate surface area is 90.0 Å². The van der Waals surface area contributed by atoms with Gasteiger partial charge in [-0.2, -0.15) is 0 Å². The quantitative estimate of drug-likeness (QED) is 0.863. The molecule has 0 saturated carbocycles. The molecule has 0 radical (unpaired) electrons. The Morgan fingerprint density at radius 2 is 2.36 bits per heavy atom. The molecule has 0 aromatic heterocycles. The Morgan fingerprint density at radius 1 is 1.64 bits per heavy atom. The minimum atomic E-state index is -0.529. The van der Waals surface area contributed by atoms with Gasteiger partial charge in [-0.15, -0.1) is 0 Å². The maximum atomic E-state index is 10.9. The first kappa shape index (κ1) is 11.0. The highest BCUT2D eigenvalue weighted by molar-refractivity contribution is 9.10. The van der Waals surface area contributed by atoms with Crippen LogP contribution in [0.2, 0.25) is 0 Å². The average Bonchev–Trinajstić information content (AvgIpc) is 2.20. The van der Waals surface area contributed by atoms with Crippen molar-refractivity contribution in [1.29, 1.82) is 0 Å². The molecule has 0 aliphatic rings. The molecule has 0 unspecified atom stereocenters. The highest BCUT2D eigenvalue weighted by Crippen LogP contribution is 2.27. The van der Waals surface area contributed by atoms with E-state index in [2.05, 4.69) is 21.2 Å². The molecule has 0 aliphatic heterocycles. The number of anilines is 1. The van der Waals surface area contributed by atoms with E-state index in [9.17, 15) is 4.79 Å². The van der Waals surface area contributed by atoms with Crippen molar-refractivity contribution in [1.82, 2.24) is 0 Å². The number of halogens is 1. The van der Waals surface area contributed by atoms with Crippen LogP contribution in [-0.4, -0.2) is 24.7 Å². The Morgan fingerprint density at radius 3 is 2.93 bits per heavy atom. The van der Waals surface area contributed by atoms with Crippen LogP contribution >= 0.6 is 15.9 Å². The van der Waals surface area contributed by atoms with E-state index in [-0.39, 0.29) is 0 Å². The van der Waals surface area contributed by atoms with Gasteiger partial charge in [-0.1, -0.05) is 0 Å². The Kier molecular flexibility index (Phi) is 3.91. The van der Waals surface area contributed by atoms with E-state index < -0.39 is 12.5 Å². The zero-order valence-electron chi connectivity index (χ0n) is 7.58. The molecule has 0 aliphatic carbocycles. The first-order valence-electron chi connectivity index (χ1n) is 3.91. The molecule has 4 nitrogen and oxygen atoms in total. The second kappa shape index (κ2) is 4.97. The molecule has 1 rings (SSSR count). The minimum absolute atomic E-state index is 0.450. The maximum absolute atomic E-state index is 10.9. The van der Waals surface area contributed by atoms with Crippen LogP contribution in [0, 0.1) is 0 Å². The molecule has 14 heavy (non-hydrogen) atoms. The number of rotatable bonds is 3. The number of hydrogen-bond acceptors (Lipinski definition) is 3. The predicted molar refractivity (Wildman–Crippen MR) is 56.4 cm³/mol. The molecule has 0 spiro atoms. The first-order valence-corrected chi connectivity index (χ1v) is 4.71. The van der Waals surface area contributed by atoms with Crippen LogP contribution in [0.3, 0.4) is 0 Å². The van der Waals surface area contributed by atoms with Gasteiger partial charge < -0.3 is 15.2 Å². The standard InChI is InChI=1S/C9H10BrNO3/c1-14-8-4-6(2-3-7(8)10)11-9(13)5-12/h2-4,12H,5H2,1H3,(H,11,13). The summed E-state index contributed by atoms with van der Waals surface area (Å²) in [5.41, 5.74) is 0.587. The number of aliphatic hydroxyl groups excluding tert-OH is 1. The highest BCUT2D eigenvalue weighted by atomic mass is 79.9. The van der Waals surface area contributed by atoms with Gasteiger partial charge in [0, 0.05) is 11.8 Å². The van der Waals surface area contributed by atoms with Crippen molar-refractivity contribution < 1.29 is 14.6 Å². The number of aliphatic hydroxyl groups is 1. The number of methoxy groups -OCH3 is 1. The Bertz CT molecular complexity index is 341. The summed E-state index contributed by atoms with van der Waals surface area (Å²) in [7, 11) is 1.54. The van der Waals surface area contributed by atoms with Crippen molar-refractivity contribution >= 4 is 27.5 Å². The zero-order chi connectivity index (χ0) is 10.6. The summed E-state index contributed by atoms with van der Waals surface area (Å²) in [6.45, 7) is -0.529. The smallest absolute Gasteiger partial charge is 0.250 e. The molecule has 1 aromatic rings. The van der Waals surface area contributed by atoms with E-state index in [1.54, 1.807) is 18.2 Å². The fourth-order valence-electron chi connectivity index (χ4n) is 0.938. The van der Waals surface area contributed by atoms with Gasteiger partial charge in [0.2, 0.25) is 5.91 Å². The average molecular weight is 260 g/mol. The lowest BCUT2D eigenvalue weighted by Crippen LogP contribution is -2.15. The number of nitrogens with one attached hydrogen (secondary N) is 1. The van der Waals surface area contributed by atoms with Crippen LogP contribution in [0.5, 0.6) is 5.75 Å². The van der Waals surface area contributed by atoms with Crippen LogP contribution in [0.4, 0.5) is 5.69 Å². The molecule has 0 atom stereocenters. The predicted octanol–water partition coefficient (Wildman–Crippen LogP) is 1.39. The molecular formula is C9H10BrNO3. The summed E-state index contributed by atoms with van der Waals surface area (Å²) < 4.78 is 5.85. The van der Waals surface area contributed by atoms with E-state index in [0.29, 0.717) is 11.4 Å². The van der Waals surface area contributed by atoms with Gasteiger partial charge in [0.25, 0.3) is 0 Å². The van der Waals surface area contributed by atoms with Gasteiger partial charge in [0.15, 0.2) is 0 Å². The number of carbonyl (C=O) groups excluding carboxylic acids is 1. The van der Waals surface area contributed by atoms with Crippen LogP contribution < -0.4 is 10.1 Å². The van der Waals surface area contributed by atoms with E-state index in [4.69, 9.17) is 9.84 Å². The van der Waals surface area contributed by atoms with E-state index in [1.165, 1.54) is 7.11 Å². The van der Waals surface area contributed by atoms with Crippen molar-refractivity contribution in [3.05, 3.63) is 22.7 Å². The number of benzene rings is 1. The number of carbonyl (C=O) groups is 1. The summed E-state index contributed by atoms with van der Waals surface area (Å²) in [6, 6.07) is 5.13. The molecule has 1 amide bonds. The second-order valence-electron chi connectivity index (χ2n) is 2.56. The fraction of sp³-hybridized carbons (Fsp3) is 0.222. The molecule has 1 aromatic carbocycles. The van der Waals surface area contributed by atoms with Crippen molar-refractivity contribution in [2.24, 2.45) is 0 Å². The molecule has 0 saturated heterocycles. The summed E-state index contributed by atoms with van der Waals surface area (Å²) in [5.74, 6) is 0.176. The van der Waals surface area contributed by atoms with Crippen molar-refractivity contribution in [2.45, 2.75) is 0 Å². The second-order valence-corrected chi connectivity index (χ2v) is 3.41. The Balaban J connectivity index is 2.84. The largest absolute Gasteiger partial charge is 0.495 e. The van der Waals surface area contributed by atoms with Gasteiger partial charge in [-0.05, 0) is 28.1 Å². The summed E-state index contributed by atoms with van der Waals surface area (Å²) in [5, 5.41) is 11.0. The molecule has 0 bridgehead atoms. The van der Waals surface area contributed by atoms with Crippen LogP contribution in [-0.2, 0) is 4.79 Å². The maximum Gasteiger partial charge on any atom is 0.250 e. The van der Waals surface area contributed by atoms with Crippen molar-refractivity contribution in [3.8, 4) is 5.75 Å². The zero-order valence-corrected chi connectivity index (χ0v) is 9.17. The lowest BCUT2D eigenvalue weighted by molar-refractivity contribution is -0.118. The van der Waals surface area contributed by atoms with Gasteiger partial charge in [-0.25, -0.2) is 0 Å². The van der Waals surface area contributed by atoms with E-state index in [1.807, 2.05) is 0 Å². The van der Waals surface area contributed by atoms with Gasteiger partial charge in [-0.3, -0.25) is 4.79 Å². The fourth-order valence-corrected chi connectivity index (χ4v) is 1.35. The lowest BCUT2D eigenvalue weighted by Gasteiger charge is -2.07. The van der Waals surface area contributed by atoms with Crippen LogP contribution in [0.25, 0.3) is 0 Å². The lowest BCUT2D eigenvalue weighted by atomic mass is 10.3. The topological polar surface area (TPSA) is 58.6 Å². The summed E-state index contributed by atoms with van der Waals surface area (Å²) in [6.07, 6.45) is 0. The third-order valence-corrected chi connectivity index (χ3v) is 2.23.